The van der Waals surface area contributed by atoms with E-state index in [0.29, 0.717) is 0 Å². The van der Waals surface area contributed by atoms with Crippen LogP contribution in [0, 0.1) is 17.8 Å². The normalized spacial score (nSPS) is 41.4. The third-order valence-electron chi connectivity index (χ3n) is 5.80. The predicted octanol–water partition coefficient (Wildman–Crippen LogP) is 3.52. The van der Waals surface area contributed by atoms with Crippen molar-refractivity contribution in [2.75, 3.05) is 19.6 Å². The highest BCUT2D eigenvalue weighted by atomic mass is 15.2. The Morgan fingerprint density at radius 3 is 2.47 bits per heavy atom. The fourth-order valence-electron chi connectivity index (χ4n) is 4.10. The lowest BCUT2D eigenvalue weighted by atomic mass is 9.78. The van der Waals surface area contributed by atoms with Crippen LogP contribution in [-0.4, -0.2) is 36.6 Å². The number of nitrogens with one attached hydrogen (secondary N) is 1. The molecular weight excluding hydrogens is 232 g/mol. The van der Waals surface area contributed by atoms with E-state index >= 15 is 0 Å². The van der Waals surface area contributed by atoms with Crippen LogP contribution in [0.2, 0.25) is 0 Å². The van der Waals surface area contributed by atoms with Crippen LogP contribution in [0.3, 0.4) is 0 Å². The maximum Gasteiger partial charge on any atom is 0.0252 e. The summed E-state index contributed by atoms with van der Waals surface area (Å²) in [6.07, 6.45) is 7.01. The molecule has 0 aromatic carbocycles. The molecule has 1 aliphatic heterocycles. The Morgan fingerprint density at radius 1 is 1.05 bits per heavy atom. The van der Waals surface area contributed by atoms with Gasteiger partial charge in [-0.2, -0.15) is 0 Å². The minimum absolute atomic E-state index is 0.744. The summed E-state index contributed by atoms with van der Waals surface area (Å²) < 4.78 is 0. The average molecular weight is 266 g/mol. The van der Waals surface area contributed by atoms with Gasteiger partial charge in [0.05, 0.1) is 0 Å². The van der Waals surface area contributed by atoms with Crippen LogP contribution in [0.15, 0.2) is 0 Å². The first-order valence-corrected chi connectivity index (χ1v) is 8.63. The zero-order valence-electron chi connectivity index (χ0n) is 13.5. The first kappa shape index (κ1) is 15.3. The van der Waals surface area contributed by atoms with Crippen LogP contribution in [0.1, 0.15) is 59.8 Å². The van der Waals surface area contributed by atoms with Gasteiger partial charge in [-0.1, -0.05) is 34.1 Å². The molecule has 2 nitrogen and oxygen atoms in total. The van der Waals surface area contributed by atoms with Gasteiger partial charge in [-0.3, -0.25) is 4.90 Å². The summed E-state index contributed by atoms with van der Waals surface area (Å²) >= 11 is 0. The van der Waals surface area contributed by atoms with E-state index in [4.69, 9.17) is 0 Å². The van der Waals surface area contributed by atoms with Crippen LogP contribution >= 0.6 is 0 Å². The Kier molecular flexibility index (Phi) is 5.70. The van der Waals surface area contributed by atoms with E-state index in [1.807, 2.05) is 0 Å². The van der Waals surface area contributed by atoms with Gasteiger partial charge in [0.25, 0.3) is 0 Å². The Bertz CT molecular complexity index is 266. The summed E-state index contributed by atoms with van der Waals surface area (Å²) in [6, 6.07) is 1.54. The first-order valence-electron chi connectivity index (χ1n) is 8.63. The SMILES string of the molecule is CCNC1CCC(CC)CC1N1CCC(C)C(C)C1. The van der Waals surface area contributed by atoms with Gasteiger partial charge in [0, 0.05) is 18.6 Å². The van der Waals surface area contributed by atoms with E-state index in [0.717, 1.165) is 36.4 Å². The Balaban J connectivity index is 2.00. The molecule has 1 saturated carbocycles. The molecule has 5 unspecified atom stereocenters. The van der Waals surface area contributed by atoms with Crippen molar-refractivity contribution in [3.05, 3.63) is 0 Å². The molecule has 1 aliphatic carbocycles. The molecule has 2 aliphatic rings. The van der Waals surface area contributed by atoms with Crippen molar-refractivity contribution < 1.29 is 0 Å². The molecule has 5 atom stereocenters. The molecule has 0 amide bonds. The monoisotopic (exact) mass is 266 g/mol. The molecule has 112 valence electrons. The zero-order chi connectivity index (χ0) is 13.8. The smallest absolute Gasteiger partial charge is 0.0252 e. The van der Waals surface area contributed by atoms with Crippen molar-refractivity contribution in [1.82, 2.24) is 10.2 Å². The van der Waals surface area contributed by atoms with Gasteiger partial charge in [-0.15, -0.1) is 0 Å². The number of likely N-dealkylation sites (tertiary alicyclic amines) is 1. The Labute approximate surface area is 120 Å². The second-order valence-electron chi connectivity index (χ2n) is 7.06. The van der Waals surface area contributed by atoms with Gasteiger partial charge in [0.1, 0.15) is 0 Å². The summed E-state index contributed by atoms with van der Waals surface area (Å²) in [4.78, 5) is 2.82. The maximum absolute atomic E-state index is 3.76. The molecule has 19 heavy (non-hydrogen) atoms. The summed E-state index contributed by atoms with van der Waals surface area (Å²) in [6.45, 7) is 13.3. The average Bonchev–Trinajstić information content (AvgIpc) is 2.43. The van der Waals surface area contributed by atoms with Gasteiger partial charge in [0.15, 0.2) is 0 Å². The molecule has 0 spiro atoms. The number of nitrogens with zero attached hydrogens (tertiary/aromatic N) is 1. The van der Waals surface area contributed by atoms with E-state index < -0.39 is 0 Å². The van der Waals surface area contributed by atoms with Crippen LogP contribution in [-0.2, 0) is 0 Å². The molecule has 1 N–H and O–H groups in total. The van der Waals surface area contributed by atoms with Crippen LogP contribution in [0.5, 0.6) is 0 Å². The second-order valence-corrected chi connectivity index (χ2v) is 7.06. The van der Waals surface area contributed by atoms with Crippen molar-refractivity contribution in [3.8, 4) is 0 Å². The van der Waals surface area contributed by atoms with Gasteiger partial charge in [-0.05, 0) is 56.5 Å². The minimum atomic E-state index is 0.744. The maximum atomic E-state index is 3.76. The van der Waals surface area contributed by atoms with Crippen LogP contribution in [0.4, 0.5) is 0 Å². The van der Waals surface area contributed by atoms with Crippen molar-refractivity contribution >= 4 is 0 Å². The van der Waals surface area contributed by atoms with E-state index in [-0.39, 0.29) is 0 Å². The molecule has 0 radical (unpaired) electrons. The third-order valence-corrected chi connectivity index (χ3v) is 5.80. The fraction of sp³-hybridized carbons (Fsp3) is 1.00. The summed E-state index contributed by atoms with van der Waals surface area (Å²) in [5, 5.41) is 3.76. The van der Waals surface area contributed by atoms with E-state index in [1.54, 1.807) is 0 Å². The fourth-order valence-corrected chi connectivity index (χ4v) is 4.10. The lowest BCUT2D eigenvalue weighted by Crippen LogP contribution is -2.56. The molecule has 1 heterocycles. The molecule has 1 saturated heterocycles. The van der Waals surface area contributed by atoms with Crippen molar-refractivity contribution in [2.45, 2.75) is 71.9 Å². The number of hydrogen-bond donors (Lipinski definition) is 1. The van der Waals surface area contributed by atoms with Crippen molar-refractivity contribution in [3.63, 3.8) is 0 Å². The Hall–Kier alpha value is -0.0800. The van der Waals surface area contributed by atoms with Gasteiger partial charge in [0.2, 0.25) is 0 Å². The standard InChI is InChI=1S/C17H34N2/c1-5-15-7-8-16(18-6-2)17(11-15)19-10-9-13(3)14(4)12-19/h13-18H,5-12H2,1-4H3. The van der Waals surface area contributed by atoms with Crippen molar-refractivity contribution in [2.24, 2.45) is 17.8 Å². The lowest BCUT2D eigenvalue weighted by Gasteiger charge is -2.47. The topological polar surface area (TPSA) is 15.3 Å². The quantitative estimate of drug-likeness (QED) is 0.837. The number of likely N-dealkylation sites (N-methyl/N-ethyl adjacent to an activating group) is 1. The largest absolute Gasteiger partial charge is 0.313 e. The molecule has 0 aromatic heterocycles. The van der Waals surface area contributed by atoms with Crippen LogP contribution < -0.4 is 5.32 Å². The summed E-state index contributed by atoms with van der Waals surface area (Å²) in [5.74, 6) is 2.76. The van der Waals surface area contributed by atoms with E-state index in [9.17, 15) is 0 Å². The van der Waals surface area contributed by atoms with E-state index in [2.05, 4.69) is 37.9 Å². The van der Waals surface area contributed by atoms with Crippen LogP contribution in [0.25, 0.3) is 0 Å². The minimum Gasteiger partial charge on any atom is -0.313 e. The summed E-state index contributed by atoms with van der Waals surface area (Å²) in [5.41, 5.74) is 0. The molecule has 2 fully saturated rings. The summed E-state index contributed by atoms with van der Waals surface area (Å²) in [7, 11) is 0. The number of piperidine rings is 1. The zero-order valence-corrected chi connectivity index (χ0v) is 13.5. The molecule has 0 bridgehead atoms. The molecule has 2 heteroatoms. The highest BCUT2D eigenvalue weighted by Crippen LogP contribution is 2.33. The Morgan fingerprint density at radius 2 is 1.84 bits per heavy atom. The van der Waals surface area contributed by atoms with Gasteiger partial charge in [-0.25, -0.2) is 0 Å². The van der Waals surface area contributed by atoms with Gasteiger partial charge < -0.3 is 5.32 Å². The predicted molar refractivity (Wildman–Crippen MR) is 83.4 cm³/mol. The highest BCUT2D eigenvalue weighted by Gasteiger charge is 2.36. The third kappa shape index (κ3) is 3.72. The molecule has 2 rings (SSSR count). The number of hydrogen-bond acceptors (Lipinski definition) is 2. The van der Waals surface area contributed by atoms with Crippen molar-refractivity contribution in [1.29, 1.82) is 0 Å². The lowest BCUT2D eigenvalue weighted by molar-refractivity contribution is 0.0435. The molecule has 0 aromatic rings. The number of rotatable bonds is 4. The first-order chi connectivity index (χ1) is 9.15. The van der Waals surface area contributed by atoms with Gasteiger partial charge >= 0.3 is 0 Å². The second kappa shape index (κ2) is 7.08. The molecular formula is C17H34N2. The highest BCUT2D eigenvalue weighted by molar-refractivity contribution is 4.93. The van der Waals surface area contributed by atoms with E-state index in [1.165, 1.54) is 45.2 Å².